The minimum atomic E-state index is -2.82. The summed E-state index contributed by atoms with van der Waals surface area (Å²) in [5.41, 5.74) is -0.0428. The highest BCUT2D eigenvalue weighted by atomic mass is 35.5. The molecule has 0 aliphatic carbocycles. The molecule has 0 saturated carbocycles. The van der Waals surface area contributed by atoms with Crippen LogP contribution in [-0.4, -0.2) is 20.4 Å². The highest BCUT2D eigenvalue weighted by molar-refractivity contribution is 6.33. The Morgan fingerprint density at radius 2 is 2.00 bits per heavy atom. The van der Waals surface area contributed by atoms with Gasteiger partial charge in [0.1, 0.15) is 0 Å². The third-order valence-electron chi connectivity index (χ3n) is 1.41. The summed E-state index contributed by atoms with van der Waals surface area (Å²) in [7, 11) is -5.63. The number of halogens is 1. The maximum Gasteiger partial charge on any atom is 0.162 e. The number of ether oxygens (including phenoxy) is 2. The highest BCUT2D eigenvalue weighted by Crippen LogP contribution is 2.32. The zero-order valence-corrected chi connectivity index (χ0v) is 7.09. The van der Waals surface area contributed by atoms with Gasteiger partial charge in [-0.25, -0.2) is 0 Å². The lowest BCUT2D eigenvalue weighted by atomic mass is 10.2. The summed E-state index contributed by atoms with van der Waals surface area (Å²) in [6.45, 7) is 0. The average Bonchev–Trinajstić information content (AvgIpc) is 2.17. The molecule has 0 unspecified atom stereocenters. The number of benzene rings is 1. The lowest BCUT2D eigenvalue weighted by Crippen LogP contribution is -1.92. The Kier molecular flexibility index (Phi) is 1.38. The van der Waals surface area contributed by atoms with Crippen molar-refractivity contribution in [3.63, 3.8) is 0 Å². The Hall–Kier alpha value is -1.22. The predicted octanol–water partition coefficient (Wildman–Crippen LogP) is 2.17. The Labute approximate surface area is 89.6 Å². The van der Waals surface area contributed by atoms with Crippen molar-refractivity contribution in [2.24, 2.45) is 0 Å². The highest BCUT2D eigenvalue weighted by Gasteiger charge is 2.08. The molecule has 1 rings (SSSR count). The maximum atomic E-state index is 10.7. The molecule has 0 aliphatic heterocycles. The predicted molar refractivity (Wildman–Crippen MR) is 49.9 cm³/mol. The van der Waals surface area contributed by atoms with Gasteiger partial charge in [-0.3, -0.25) is 4.79 Å². The summed E-state index contributed by atoms with van der Waals surface area (Å²) in [4.78, 5) is 10.7. The number of carbonyl (C=O) groups is 1. The van der Waals surface area contributed by atoms with Gasteiger partial charge in [0.05, 0.1) is 27.3 Å². The molecule has 0 aliphatic rings. The summed E-state index contributed by atoms with van der Waals surface area (Å²) in [6, 6.07) is 2.02. The molecule has 13 heavy (non-hydrogen) atoms. The van der Waals surface area contributed by atoms with Crippen LogP contribution in [0.1, 0.15) is 18.6 Å². The van der Waals surface area contributed by atoms with Crippen LogP contribution < -0.4 is 9.47 Å². The Morgan fingerprint density at radius 3 is 2.54 bits per heavy atom. The summed E-state index contributed by atoms with van der Waals surface area (Å²) in [6.07, 6.45) is 0.383. The van der Waals surface area contributed by atoms with Crippen LogP contribution in [-0.2, 0) is 0 Å². The van der Waals surface area contributed by atoms with E-state index in [-0.39, 0.29) is 16.3 Å². The molecule has 0 atom stereocenters. The minimum Gasteiger partial charge on any atom is -0.493 e. The van der Waals surface area contributed by atoms with Crippen molar-refractivity contribution in [2.75, 3.05) is 14.1 Å². The van der Waals surface area contributed by atoms with E-state index in [1.807, 2.05) is 0 Å². The van der Waals surface area contributed by atoms with Gasteiger partial charge in [0.15, 0.2) is 17.8 Å². The van der Waals surface area contributed by atoms with Crippen LogP contribution in [0.25, 0.3) is 0 Å². The Morgan fingerprint density at radius 1 is 1.38 bits per heavy atom. The van der Waals surface area contributed by atoms with Crippen LogP contribution in [0.15, 0.2) is 12.1 Å². The third-order valence-corrected chi connectivity index (χ3v) is 1.74. The van der Waals surface area contributed by atoms with Crippen molar-refractivity contribution >= 4 is 17.9 Å². The van der Waals surface area contributed by atoms with Crippen molar-refractivity contribution < 1.29 is 22.5 Å². The van der Waals surface area contributed by atoms with Crippen molar-refractivity contribution in [1.29, 1.82) is 0 Å². The van der Waals surface area contributed by atoms with Gasteiger partial charge in [0, 0.05) is 11.6 Å². The molecule has 0 aromatic heterocycles. The smallest absolute Gasteiger partial charge is 0.162 e. The van der Waals surface area contributed by atoms with E-state index in [9.17, 15) is 4.79 Å². The molecular formula is C9H9ClO3. The van der Waals surface area contributed by atoms with Gasteiger partial charge >= 0.3 is 0 Å². The SMILES string of the molecule is [2H]C([2H])([2H])Oc1cc(Cl)c(C=O)cc1OC([2H])([2H])[2H]. The van der Waals surface area contributed by atoms with Crippen LogP contribution >= 0.6 is 11.6 Å². The largest absolute Gasteiger partial charge is 0.493 e. The first kappa shape index (κ1) is 4.33. The molecule has 1 aromatic carbocycles. The third kappa shape index (κ3) is 1.92. The topological polar surface area (TPSA) is 35.5 Å². The molecule has 4 heteroatoms. The van der Waals surface area contributed by atoms with Crippen LogP contribution in [0.2, 0.25) is 5.02 Å². The first-order valence-corrected chi connectivity index (χ1v) is 3.56. The molecular weight excluding hydrogens is 192 g/mol. The zero-order chi connectivity index (χ0) is 14.8. The van der Waals surface area contributed by atoms with E-state index in [2.05, 4.69) is 9.47 Å². The van der Waals surface area contributed by atoms with Crippen molar-refractivity contribution in [3.8, 4) is 11.5 Å². The second kappa shape index (κ2) is 4.14. The summed E-state index contributed by atoms with van der Waals surface area (Å²) in [5, 5.41) is -0.0767. The molecule has 0 bridgehead atoms. The zero-order valence-electron chi connectivity index (χ0n) is 12.3. The fraction of sp³-hybridized carbons (Fsp3) is 0.222. The van der Waals surface area contributed by atoms with E-state index in [1.165, 1.54) is 0 Å². The molecule has 1 aromatic rings. The van der Waals surface area contributed by atoms with E-state index in [4.69, 9.17) is 19.8 Å². The minimum absolute atomic E-state index is 0.0428. The van der Waals surface area contributed by atoms with E-state index in [0.29, 0.717) is 6.29 Å². The number of methoxy groups -OCH3 is 2. The summed E-state index contributed by atoms with van der Waals surface area (Å²) in [5.74, 6) is -0.783. The molecule has 0 amide bonds. The molecule has 0 fully saturated rings. The standard InChI is InChI=1S/C9H9ClO3/c1-12-8-3-6(5-11)7(10)4-9(8)13-2/h3-5H,1-2H3/i1D3,2D3. The van der Waals surface area contributed by atoms with E-state index >= 15 is 0 Å². The van der Waals surface area contributed by atoms with Crippen molar-refractivity contribution in [1.82, 2.24) is 0 Å². The Balaban J connectivity index is 3.26. The van der Waals surface area contributed by atoms with Crippen LogP contribution in [0.3, 0.4) is 0 Å². The molecule has 70 valence electrons. The summed E-state index contributed by atoms with van der Waals surface area (Å²) >= 11 is 5.71. The molecule has 0 N–H and O–H groups in total. The van der Waals surface area contributed by atoms with Crippen molar-refractivity contribution in [2.45, 2.75) is 0 Å². The second-order valence-electron chi connectivity index (χ2n) is 2.14. The fourth-order valence-electron chi connectivity index (χ4n) is 0.801. The van der Waals surface area contributed by atoms with Gasteiger partial charge in [-0.2, -0.15) is 0 Å². The Bertz CT molecular complexity index is 482. The van der Waals surface area contributed by atoms with E-state index < -0.39 is 19.8 Å². The van der Waals surface area contributed by atoms with Crippen LogP contribution in [0, 0.1) is 0 Å². The maximum absolute atomic E-state index is 10.7. The van der Waals surface area contributed by atoms with Gasteiger partial charge < -0.3 is 9.47 Å². The normalized spacial score (nSPS) is 18.2. The van der Waals surface area contributed by atoms with E-state index in [0.717, 1.165) is 12.1 Å². The molecule has 0 heterocycles. The van der Waals surface area contributed by atoms with Crippen molar-refractivity contribution in [3.05, 3.63) is 22.7 Å². The number of aldehydes is 1. The fourth-order valence-corrected chi connectivity index (χ4v) is 0.999. The van der Waals surface area contributed by atoms with Gasteiger partial charge in [0.25, 0.3) is 0 Å². The van der Waals surface area contributed by atoms with Crippen LogP contribution in [0.4, 0.5) is 0 Å². The van der Waals surface area contributed by atoms with Gasteiger partial charge in [0.2, 0.25) is 0 Å². The number of carbonyl (C=O) groups excluding carboxylic acids is 1. The van der Waals surface area contributed by atoms with Gasteiger partial charge in [-0.1, -0.05) is 11.6 Å². The van der Waals surface area contributed by atoms with E-state index in [1.54, 1.807) is 0 Å². The second-order valence-corrected chi connectivity index (χ2v) is 2.55. The molecule has 0 spiro atoms. The number of hydrogen-bond acceptors (Lipinski definition) is 3. The molecule has 0 saturated heterocycles. The lowest BCUT2D eigenvalue weighted by molar-refractivity contribution is 0.112. The molecule has 0 radical (unpaired) electrons. The average molecular weight is 207 g/mol. The summed E-state index contributed by atoms with van der Waals surface area (Å²) < 4.78 is 51.0. The van der Waals surface area contributed by atoms with Crippen LogP contribution in [0.5, 0.6) is 11.5 Å². The first-order chi connectivity index (χ1) is 8.52. The quantitative estimate of drug-likeness (QED) is 0.712. The van der Waals surface area contributed by atoms with Gasteiger partial charge in [-0.15, -0.1) is 0 Å². The molecule has 3 nitrogen and oxygen atoms in total. The lowest BCUT2D eigenvalue weighted by Gasteiger charge is -2.08. The first-order valence-electron chi connectivity index (χ1n) is 6.18. The monoisotopic (exact) mass is 206 g/mol. The number of rotatable bonds is 3. The number of hydrogen-bond donors (Lipinski definition) is 0. The van der Waals surface area contributed by atoms with Gasteiger partial charge in [-0.05, 0) is 6.07 Å².